The Hall–Kier alpha value is -4.01. The van der Waals surface area contributed by atoms with Crippen molar-refractivity contribution in [2.45, 2.75) is 31.8 Å². The summed E-state index contributed by atoms with van der Waals surface area (Å²) < 4.78 is 28.2. The highest BCUT2D eigenvalue weighted by Crippen LogP contribution is 2.47. The minimum Gasteiger partial charge on any atom is -0.493 e. The van der Waals surface area contributed by atoms with Gasteiger partial charge < -0.3 is 28.3 Å². The lowest BCUT2D eigenvalue weighted by molar-refractivity contribution is -0.137. The Balaban J connectivity index is 1.24. The largest absolute Gasteiger partial charge is 0.493 e. The number of hydrogen-bond acceptors (Lipinski definition) is 8. The summed E-state index contributed by atoms with van der Waals surface area (Å²) in [5, 5.41) is 0.812. The molecule has 188 valence electrons. The van der Waals surface area contributed by atoms with Crippen LogP contribution in [-0.2, 0) is 4.79 Å². The molecule has 1 fully saturated rings. The van der Waals surface area contributed by atoms with Gasteiger partial charge in [-0.15, -0.1) is 0 Å². The lowest BCUT2D eigenvalue weighted by Gasteiger charge is -2.44. The fraction of sp³-hybridized carbons (Fsp3) is 0.370. The normalized spacial score (nSPS) is 16.4. The predicted molar refractivity (Wildman–Crippen MR) is 130 cm³/mol. The second-order valence-corrected chi connectivity index (χ2v) is 9.14. The minimum absolute atomic E-state index is 0.0153. The van der Waals surface area contributed by atoms with Gasteiger partial charge in [0.15, 0.2) is 23.9 Å². The summed E-state index contributed by atoms with van der Waals surface area (Å²) in [7, 11) is 3.05. The van der Waals surface area contributed by atoms with Crippen LogP contribution in [0.5, 0.6) is 23.0 Å². The van der Waals surface area contributed by atoms with Crippen LogP contribution in [0, 0.1) is 6.92 Å². The average molecular weight is 494 g/mol. The molecule has 2 aliphatic heterocycles. The molecule has 1 saturated heterocycles. The number of carbonyl (C=O) groups is 2. The number of fused-ring (bicyclic) bond motifs is 2. The average Bonchev–Trinajstić information content (AvgIpc) is 2.86. The third-order valence-electron chi connectivity index (χ3n) is 6.91. The SMILES string of the molecule is COc1ccc2c(c1OC)OC1(CCN(C(=O)COc3ccc4c(C)cc(=O)oc4c3)CC1)CC2=O. The van der Waals surface area contributed by atoms with Crippen molar-refractivity contribution in [3.8, 4) is 23.0 Å². The summed E-state index contributed by atoms with van der Waals surface area (Å²) in [6.07, 6.45) is 1.26. The van der Waals surface area contributed by atoms with Crippen molar-refractivity contribution >= 4 is 22.7 Å². The van der Waals surface area contributed by atoms with E-state index in [0.717, 1.165) is 10.9 Å². The van der Waals surface area contributed by atoms with Gasteiger partial charge >= 0.3 is 5.63 Å². The van der Waals surface area contributed by atoms with Crippen molar-refractivity contribution in [1.29, 1.82) is 0 Å². The lowest BCUT2D eigenvalue weighted by Crippen LogP contribution is -2.53. The number of amides is 1. The molecule has 0 N–H and O–H groups in total. The molecule has 0 unspecified atom stereocenters. The molecule has 5 rings (SSSR count). The van der Waals surface area contributed by atoms with Crippen LogP contribution in [0.1, 0.15) is 35.2 Å². The van der Waals surface area contributed by atoms with Gasteiger partial charge in [-0.2, -0.15) is 0 Å². The smallest absolute Gasteiger partial charge is 0.336 e. The van der Waals surface area contributed by atoms with Crippen LogP contribution in [0.4, 0.5) is 0 Å². The third kappa shape index (κ3) is 4.25. The number of piperidine rings is 1. The zero-order valence-electron chi connectivity index (χ0n) is 20.4. The van der Waals surface area contributed by atoms with Crippen molar-refractivity contribution in [3.63, 3.8) is 0 Å². The van der Waals surface area contributed by atoms with Crippen LogP contribution in [0.15, 0.2) is 45.6 Å². The Labute approximate surface area is 207 Å². The lowest BCUT2D eigenvalue weighted by atomic mass is 9.82. The topological polar surface area (TPSA) is 105 Å². The van der Waals surface area contributed by atoms with Crippen LogP contribution in [0.2, 0.25) is 0 Å². The number of Topliss-reactive ketones (excluding diaryl/α,β-unsaturated/α-hetero) is 1. The number of methoxy groups -OCH3 is 2. The van der Waals surface area contributed by atoms with Crippen LogP contribution in [-0.4, -0.2) is 56.1 Å². The Morgan fingerprint density at radius 1 is 1.06 bits per heavy atom. The first-order valence-electron chi connectivity index (χ1n) is 11.7. The maximum atomic E-state index is 12.9. The van der Waals surface area contributed by atoms with E-state index in [2.05, 4.69) is 0 Å². The van der Waals surface area contributed by atoms with Gasteiger partial charge in [-0.3, -0.25) is 9.59 Å². The van der Waals surface area contributed by atoms with E-state index in [-0.39, 0.29) is 24.7 Å². The number of nitrogens with zero attached hydrogens (tertiary/aromatic N) is 1. The summed E-state index contributed by atoms with van der Waals surface area (Å²) >= 11 is 0. The van der Waals surface area contributed by atoms with E-state index < -0.39 is 11.2 Å². The monoisotopic (exact) mass is 493 g/mol. The molecule has 1 amide bonds. The van der Waals surface area contributed by atoms with E-state index in [9.17, 15) is 14.4 Å². The standard InChI is InChI=1S/C27H27NO8/c1-16-12-24(31)35-22-13-17(4-5-18(16)22)34-15-23(30)28-10-8-27(9-11-28)14-20(29)19-6-7-21(32-2)26(33-3)25(19)36-27/h4-7,12-13H,8-11,14-15H2,1-3H3. The molecule has 1 aromatic heterocycles. The fourth-order valence-corrected chi connectivity index (χ4v) is 4.93. The summed E-state index contributed by atoms with van der Waals surface area (Å²) in [4.78, 5) is 39.1. The molecule has 0 atom stereocenters. The van der Waals surface area contributed by atoms with E-state index in [1.165, 1.54) is 20.3 Å². The molecular formula is C27H27NO8. The molecule has 0 saturated carbocycles. The molecule has 0 bridgehead atoms. The number of hydrogen-bond donors (Lipinski definition) is 0. The fourth-order valence-electron chi connectivity index (χ4n) is 4.93. The van der Waals surface area contributed by atoms with Gasteiger partial charge in [0.2, 0.25) is 5.75 Å². The summed E-state index contributed by atoms with van der Waals surface area (Å²) in [6.45, 7) is 2.55. The number of benzene rings is 2. The van der Waals surface area contributed by atoms with Gasteiger partial charge in [0.05, 0.1) is 26.2 Å². The number of carbonyl (C=O) groups excluding carboxylic acids is 2. The highest BCUT2D eigenvalue weighted by molar-refractivity contribution is 6.01. The molecule has 9 nitrogen and oxygen atoms in total. The number of aryl methyl sites for hydroxylation is 1. The van der Waals surface area contributed by atoms with E-state index in [1.54, 1.807) is 35.2 Å². The zero-order valence-corrected chi connectivity index (χ0v) is 20.4. The van der Waals surface area contributed by atoms with Crippen LogP contribution >= 0.6 is 0 Å². The second-order valence-electron chi connectivity index (χ2n) is 9.14. The molecule has 0 radical (unpaired) electrons. The number of rotatable bonds is 5. The van der Waals surface area contributed by atoms with Crippen LogP contribution < -0.4 is 24.6 Å². The molecule has 1 spiro atoms. The van der Waals surface area contributed by atoms with Crippen molar-refractivity contribution in [1.82, 2.24) is 4.90 Å². The Morgan fingerprint density at radius 3 is 2.56 bits per heavy atom. The van der Waals surface area contributed by atoms with Crippen molar-refractivity contribution in [2.75, 3.05) is 33.9 Å². The number of ether oxygens (including phenoxy) is 4. The highest BCUT2D eigenvalue weighted by atomic mass is 16.5. The van der Waals surface area contributed by atoms with Crippen LogP contribution in [0.3, 0.4) is 0 Å². The summed E-state index contributed by atoms with van der Waals surface area (Å²) in [5.74, 6) is 1.55. The van der Waals surface area contributed by atoms with Crippen molar-refractivity contribution in [3.05, 3.63) is 57.9 Å². The molecule has 36 heavy (non-hydrogen) atoms. The Kier molecular flexibility index (Phi) is 6.07. The maximum absolute atomic E-state index is 12.9. The highest BCUT2D eigenvalue weighted by Gasteiger charge is 2.45. The number of likely N-dealkylation sites (tertiary alicyclic amines) is 1. The van der Waals surface area contributed by atoms with Gasteiger partial charge in [0, 0.05) is 43.5 Å². The molecular weight excluding hydrogens is 466 g/mol. The molecule has 9 heteroatoms. The molecule has 3 heterocycles. The van der Waals surface area contributed by atoms with Crippen LogP contribution in [0.25, 0.3) is 11.0 Å². The van der Waals surface area contributed by atoms with Gasteiger partial charge in [0.25, 0.3) is 5.91 Å². The van der Waals surface area contributed by atoms with E-state index >= 15 is 0 Å². The molecule has 3 aromatic rings. The molecule has 2 aromatic carbocycles. The van der Waals surface area contributed by atoms with Gasteiger partial charge in [0.1, 0.15) is 16.9 Å². The summed E-state index contributed by atoms with van der Waals surface area (Å²) in [5.41, 5.74) is 0.573. The van der Waals surface area contributed by atoms with Gasteiger partial charge in [-0.1, -0.05) is 0 Å². The van der Waals surface area contributed by atoms with E-state index in [1.807, 2.05) is 6.92 Å². The minimum atomic E-state index is -0.699. The molecule has 0 aliphatic carbocycles. The van der Waals surface area contributed by atoms with E-state index in [0.29, 0.717) is 60.1 Å². The predicted octanol–water partition coefficient (Wildman–Crippen LogP) is 3.52. The van der Waals surface area contributed by atoms with Crippen molar-refractivity contribution < 1.29 is 33.0 Å². The number of ketones is 1. The third-order valence-corrected chi connectivity index (χ3v) is 6.91. The Morgan fingerprint density at radius 2 is 1.83 bits per heavy atom. The Bertz CT molecular complexity index is 1400. The molecule has 2 aliphatic rings. The first kappa shape index (κ1) is 23.7. The second kappa shape index (κ2) is 9.22. The van der Waals surface area contributed by atoms with Crippen molar-refractivity contribution in [2.24, 2.45) is 0 Å². The van der Waals surface area contributed by atoms with Gasteiger partial charge in [-0.25, -0.2) is 4.79 Å². The maximum Gasteiger partial charge on any atom is 0.336 e. The quantitative estimate of drug-likeness (QED) is 0.497. The first-order chi connectivity index (χ1) is 17.3. The zero-order chi connectivity index (χ0) is 25.4. The van der Waals surface area contributed by atoms with E-state index in [4.69, 9.17) is 23.4 Å². The summed E-state index contributed by atoms with van der Waals surface area (Å²) in [6, 6.07) is 9.99. The first-order valence-corrected chi connectivity index (χ1v) is 11.7. The van der Waals surface area contributed by atoms with Gasteiger partial charge in [-0.05, 0) is 36.8 Å².